The Morgan fingerprint density at radius 2 is 2.29 bits per heavy atom. The predicted molar refractivity (Wildman–Crippen MR) is 76.2 cm³/mol. The van der Waals surface area contributed by atoms with E-state index in [1.807, 2.05) is 0 Å². The van der Waals surface area contributed by atoms with Crippen LogP contribution in [-0.2, 0) is 6.42 Å². The second-order valence-corrected chi connectivity index (χ2v) is 5.28. The van der Waals surface area contributed by atoms with Crippen LogP contribution >= 0.6 is 0 Å². The zero-order chi connectivity index (χ0) is 14.8. The Kier molecular flexibility index (Phi) is 3.74. The molecule has 1 fully saturated rings. The number of nitrogens with one attached hydrogen (secondary N) is 2. The van der Waals surface area contributed by atoms with Gasteiger partial charge in [0.25, 0.3) is 5.56 Å². The van der Waals surface area contributed by atoms with Gasteiger partial charge in [-0.15, -0.1) is 0 Å². The van der Waals surface area contributed by atoms with Gasteiger partial charge in [0.15, 0.2) is 0 Å². The average molecular weight is 291 g/mol. The van der Waals surface area contributed by atoms with Crippen molar-refractivity contribution < 1.29 is 9.25 Å². The molecule has 0 aliphatic heterocycles. The minimum absolute atomic E-state index is 0.0140. The molecule has 0 amide bonds. The van der Waals surface area contributed by atoms with Gasteiger partial charge < -0.3 is 9.25 Å². The molecule has 1 aliphatic rings. The van der Waals surface area contributed by atoms with Crippen LogP contribution < -0.4 is 21.5 Å². The lowest BCUT2D eigenvalue weighted by atomic mass is 9.81. The van der Waals surface area contributed by atoms with Crippen molar-refractivity contribution in [3.05, 3.63) is 32.4 Å². The second kappa shape index (κ2) is 5.69. The van der Waals surface area contributed by atoms with Gasteiger partial charge in [0.05, 0.1) is 0 Å². The van der Waals surface area contributed by atoms with Crippen LogP contribution in [0.4, 0.5) is 0 Å². The molecule has 0 spiro atoms. The molecule has 0 atom stereocenters. The Balaban J connectivity index is 2.02. The summed E-state index contributed by atoms with van der Waals surface area (Å²) in [6, 6.07) is 1.35. The average Bonchev–Trinajstić information content (AvgIpc) is 2.36. The Hall–Kier alpha value is -2.15. The third-order valence-electron chi connectivity index (χ3n) is 3.92. The van der Waals surface area contributed by atoms with Gasteiger partial charge in [-0.2, -0.15) is 10.5 Å². The van der Waals surface area contributed by atoms with E-state index in [1.165, 1.54) is 32.4 Å². The van der Waals surface area contributed by atoms with Gasteiger partial charge >= 0.3 is 11.6 Å². The lowest BCUT2D eigenvalue weighted by Crippen LogP contribution is -2.20. The van der Waals surface area contributed by atoms with E-state index in [2.05, 4.69) is 15.4 Å². The van der Waals surface area contributed by atoms with Crippen molar-refractivity contribution in [2.24, 2.45) is 5.92 Å². The highest BCUT2D eigenvalue weighted by atomic mass is 16.7. The van der Waals surface area contributed by atoms with Crippen LogP contribution in [-0.4, -0.2) is 17.0 Å². The lowest BCUT2D eigenvalue weighted by molar-refractivity contribution is 0.203. The maximum Gasteiger partial charge on any atom is 0.337 e. The van der Waals surface area contributed by atoms with Crippen molar-refractivity contribution in [2.75, 3.05) is 7.05 Å². The number of aromatic nitrogens is 2. The van der Waals surface area contributed by atoms with Crippen molar-refractivity contribution in [1.29, 1.82) is 0 Å². The van der Waals surface area contributed by atoms with E-state index in [-0.39, 0.29) is 17.3 Å². The molecule has 112 valence electrons. The first kappa shape index (κ1) is 13.8. The molecule has 3 rings (SSSR count). The highest BCUT2D eigenvalue weighted by Gasteiger charge is 2.19. The molecule has 2 heterocycles. The quantitative estimate of drug-likeness (QED) is 0.801. The fourth-order valence-electron chi connectivity index (χ4n) is 2.61. The van der Waals surface area contributed by atoms with E-state index >= 15 is 0 Å². The van der Waals surface area contributed by atoms with Gasteiger partial charge in [-0.3, -0.25) is 9.78 Å². The van der Waals surface area contributed by atoms with Gasteiger partial charge in [0.1, 0.15) is 5.39 Å². The molecule has 1 saturated carbocycles. The third kappa shape index (κ3) is 2.82. The molecule has 2 N–H and O–H groups in total. The number of aryl methyl sites for hydroxylation is 1. The Morgan fingerprint density at radius 1 is 1.48 bits per heavy atom. The molecule has 0 bridgehead atoms. The van der Waals surface area contributed by atoms with Crippen LogP contribution in [0.1, 0.15) is 31.2 Å². The first-order chi connectivity index (χ1) is 10.2. The van der Waals surface area contributed by atoms with Crippen LogP contribution in [0.15, 0.2) is 20.1 Å². The van der Waals surface area contributed by atoms with Crippen LogP contribution in [0.5, 0.6) is 6.01 Å². The van der Waals surface area contributed by atoms with E-state index in [0.29, 0.717) is 23.3 Å². The number of fused-ring (bicyclic) bond motifs is 1. The van der Waals surface area contributed by atoms with Crippen molar-refractivity contribution >= 4 is 11.1 Å². The molecule has 7 nitrogen and oxygen atoms in total. The van der Waals surface area contributed by atoms with Crippen LogP contribution in [0.2, 0.25) is 0 Å². The van der Waals surface area contributed by atoms with E-state index in [1.54, 1.807) is 0 Å². The third-order valence-corrected chi connectivity index (χ3v) is 3.92. The Bertz CT molecular complexity index is 761. The molecule has 0 unspecified atom stereocenters. The molecule has 0 saturated heterocycles. The van der Waals surface area contributed by atoms with Crippen LogP contribution in [0.25, 0.3) is 11.1 Å². The molecule has 1 aliphatic carbocycles. The van der Waals surface area contributed by atoms with Gasteiger partial charge in [-0.1, -0.05) is 19.3 Å². The Labute approximate surface area is 120 Å². The number of hydrogen-bond donors (Lipinski definition) is 2. The van der Waals surface area contributed by atoms with Gasteiger partial charge in [-0.25, -0.2) is 4.79 Å². The zero-order valence-electron chi connectivity index (χ0n) is 11.8. The monoisotopic (exact) mass is 291 g/mol. The normalized spacial score (nSPS) is 15.1. The highest BCUT2D eigenvalue weighted by molar-refractivity contribution is 5.75. The number of rotatable bonds is 5. The molecule has 2 aromatic rings. The number of aromatic amines is 1. The fraction of sp³-hybridized carbons (Fsp3) is 0.500. The van der Waals surface area contributed by atoms with Crippen LogP contribution in [0.3, 0.4) is 0 Å². The minimum atomic E-state index is -0.500. The molecular weight excluding hydrogens is 274 g/mol. The number of H-pyrrole nitrogens is 1. The molecule has 0 radical (unpaired) electrons. The molecule has 7 heteroatoms. The second-order valence-electron chi connectivity index (χ2n) is 5.28. The van der Waals surface area contributed by atoms with Gasteiger partial charge in [0.2, 0.25) is 5.71 Å². The maximum absolute atomic E-state index is 12.2. The zero-order valence-corrected chi connectivity index (χ0v) is 11.8. The van der Waals surface area contributed by atoms with Crippen molar-refractivity contribution in [3.63, 3.8) is 0 Å². The summed E-state index contributed by atoms with van der Waals surface area (Å²) in [6.07, 6.45) is 5.40. The van der Waals surface area contributed by atoms with Crippen molar-refractivity contribution in [2.45, 2.75) is 32.1 Å². The number of nitrogens with zero attached hydrogens (tertiary/aromatic N) is 1. The fourth-order valence-corrected chi connectivity index (χ4v) is 2.61. The summed E-state index contributed by atoms with van der Waals surface area (Å²) in [5.74, 6) is 0.700. The van der Waals surface area contributed by atoms with E-state index in [0.717, 1.165) is 6.42 Å². The van der Waals surface area contributed by atoms with E-state index in [4.69, 9.17) is 9.25 Å². The van der Waals surface area contributed by atoms with Crippen LogP contribution in [0, 0.1) is 5.92 Å². The summed E-state index contributed by atoms with van der Waals surface area (Å²) in [6.45, 7) is 0. The minimum Gasteiger partial charge on any atom is -0.403 e. The summed E-state index contributed by atoms with van der Waals surface area (Å²) in [5, 5.41) is 0.331. The lowest BCUT2D eigenvalue weighted by Gasteiger charge is -2.25. The van der Waals surface area contributed by atoms with Crippen molar-refractivity contribution in [3.8, 4) is 6.01 Å². The molecule has 2 aromatic heterocycles. The highest BCUT2D eigenvalue weighted by Crippen LogP contribution is 2.30. The van der Waals surface area contributed by atoms with E-state index < -0.39 is 5.63 Å². The van der Waals surface area contributed by atoms with E-state index in [9.17, 15) is 9.59 Å². The number of hydrogen-bond acceptors (Lipinski definition) is 6. The standard InChI is InChI=1S/C14H17N3O4/c1-15-21-14-16-12(19)11-9(6-5-8-3-2-4-8)7-10(18)20-13(11)17-14/h7-8,15H,2-6H2,1H3,(H,16,17,19). The predicted octanol–water partition coefficient (Wildman–Crippen LogP) is 1.12. The largest absolute Gasteiger partial charge is 0.403 e. The smallest absolute Gasteiger partial charge is 0.337 e. The molecular formula is C14H17N3O4. The summed E-state index contributed by atoms with van der Waals surface area (Å²) < 4.78 is 5.02. The summed E-state index contributed by atoms with van der Waals surface area (Å²) in [5.41, 5.74) is 2.25. The first-order valence-electron chi connectivity index (χ1n) is 7.08. The maximum atomic E-state index is 12.2. The SMILES string of the molecule is CNOc1nc2oc(=O)cc(CCC3CCC3)c2c(=O)[nH]1. The molecule has 0 aromatic carbocycles. The topological polar surface area (TPSA) is 97.2 Å². The first-order valence-corrected chi connectivity index (χ1v) is 7.08. The summed E-state index contributed by atoms with van der Waals surface area (Å²) in [4.78, 5) is 35.2. The van der Waals surface area contributed by atoms with Gasteiger partial charge in [0, 0.05) is 13.1 Å². The summed E-state index contributed by atoms with van der Waals surface area (Å²) in [7, 11) is 1.54. The Morgan fingerprint density at radius 3 is 2.95 bits per heavy atom. The van der Waals surface area contributed by atoms with Gasteiger partial charge in [-0.05, 0) is 24.3 Å². The molecule has 21 heavy (non-hydrogen) atoms. The number of hydroxylamine groups is 1. The summed E-state index contributed by atoms with van der Waals surface area (Å²) >= 11 is 0. The van der Waals surface area contributed by atoms with Crippen molar-refractivity contribution in [1.82, 2.24) is 15.4 Å².